The number of rotatable bonds is 7. The van der Waals surface area contributed by atoms with E-state index in [1.165, 1.54) is 11.1 Å². The Kier molecular flexibility index (Phi) is 5.66. The predicted octanol–water partition coefficient (Wildman–Crippen LogP) is 2.60. The molecule has 2 aromatic rings. The summed E-state index contributed by atoms with van der Waals surface area (Å²) < 4.78 is 0. The molecule has 0 unspecified atom stereocenters. The van der Waals surface area contributed by atoms with Crippen LogP contribution in [0.2, 0.25) is 0 Å². The molecule has 1 heterocycles. The lowest BCUT2D eigenvalue weighted by Crippen LogP contribution is -2.17. The zero-order chi connectivity index (χ0) is 15.9. The molecule has 6 heteroatoms. The Balaban J connectivity index is 1.98. The van der Waals surface area contributed by atoms with Gasteiger partial charge in [0.05, 0.1) is 6.20 Å². The van der Waals surface area contributed by atoms with E-state index in [1.54, 1.807) is 6.20 Å². The molecular weight excluding hydrogens is 276 g/mol. The van der Waals surface area contributed by atoms with Crippen molar-refractivity contribution in [2.24, 2.45) is 0 Å². The lowest BCUT2D eigenvalue weighted by Gasteiger charge is -2.12. The number of aryl methyl sites for hydroxylation is 1. The summed E-state index contributed by atoms with van der Waals surface area (Å²) >= 11 is 0. The highest BCUT2D eigenvalue weighted by atomic mass is 15.3. The molecule has 0 radical (unpaired) electrons. The highest BCUT2D eigenvalue weighted by Gasteiger charge is 2.04. The predicted molar refractivity (Wildman–Crippen MR) is 90.7 cm³/mol. The molecule has 6 nitrogen and oxygen atoms in total. The van der Waals surface area contributed by atoms with E-state index in [0.29, 0.717) is 5.95 Å². The molecule has 1 aromatic carbocycles. The molecule has 0 amide bonds. The first-order valence-corrected chi connectivity index (χ1v) is 7.48. The number of benzene rings is 1. The number of nitrogens with one attached hydrogen (secondary N) is 2. The zero-order valence-electron chi connectivity index (χ0n) is 13.7. The van der Waals surface area contributed by atoms with E-state index >= 15 is 0 Å². The van der Waals surface area contributed by atoms with Gasteiger partial charge in [0, 0.05) is 12.2 Å². The first-order valence-electron chi connectivity index (χ1n) is 7.48. The van der Waals surface area contributed by atoms with E-state index in [0.717, 1.165) is 31.0 Å². The van der Waals surface area contributed by atoms with Gasteiger partial charge in [-0.15, -0.1) is 5.10 Å². The number of anilines is 3. The minimum Gasteiger partial charge on any atom is -0.369 e. The zero-order valence-corrected chi connectivity index (χ0v) is 13.7. The third-order valence-corrected chi connectivity index (χ3v) is 3.50. The van der Waals surface area contributed by atoms with Crippen LogP contribution in [0.1, 0.15) is 17.5 Å². The Labute approximate surface area is 132 Å². The van der Waals surface area contributed by atoms with Gasteiger partial charge in [-0.05, 0) is 58.1 Å². The van der Waals surface area contributed by atoms with Crippen molar-refractivity contribution in [3.8, 4) is 0 Å². The Hall–Kier alpha value is -2.21. The van der Waals surface area contributed by atoms with E-state index in [1.807, 2.05) is 12.1 Å². The second-order valence-corrected chi connectivity index (χ2v) is 5.62. The summed E-state index contributed by atoms with van der Waals surface area (Å²) in [7, 11) is 4.14. The van der Waals surface area contributed by atoms with Gasteiger partial charge in [0.15, 0.2) is 5.82 Å². The second-order valence-electron chi connectivity index (χ2n) is 5.62. The van der Waals surface area contributed by atoms with Crippen molar-refractivity contribution in [3.05, 3.63) is 35.5 Å². The number of nitrogens with zero attached hydrogens (tertiary/aromatic N) is 4. The number of aromatic nitrogens is 3. The molecule has 0 aliphatic rings. The van der Waals surface area contributed by atoms with Crippen molar-refractivity contribution >= 4 is 17.5 Å². The number of hydrogen-bond acceptors (Lipinski definition) is 6. The SMILES string of the molecule is Cc1cccc(Nc2nncc(NCCCN(C)C)n2)c1C. The molecule has 0 fully saturated rings. The smallest absolute Gasteiger partial charge is 0.249 e. The summed E-state index contributed by atoms with van der Waals surface area (Å²) in [5.41, 5.74) is 3.43. The molecule has 0 bridgehead atoms. The molecule has 22 heavy (non-hydrogen) atoms. The average molecular weight is 300 g/mol. The fourth-order valence-electron chi connectivity index (χ4n) is 2.06. The van der Waals surface area contributed by atoms with Gasteiger partial charge in [0.25, 0.3) is 0 Å². The highest BCUT2D eigenvalue weighted by Crippen LogP contribution is 2.20. The van der Waals surface area contributed by atoms with Gasteiger partial charge < -0.3 is 15.5 Å². The molecule has 0 aliphatic carbocycles. The fourth-order valence-corrected chi connectivity index (χ4v) is 2.06. The van der Waals surface area contributed by atoms with E-state index in [9.17, 15) is 0 Å². The van der Waals surface area contributed by atoms with Crippen molar-refractivity contribution in [3.63, 3.8) is 0 Å². The van der Waals surface area contributed by atoms with E-state index in [4.69, 9.17) is 0 Å². The van der Waals surface area contributed by atoms with Crippen LogP contribution in [0.4, 0.5) is 17.5 Å². The summed E-state index contributed by atoms with van der Waals surface area (Å²) in [6.45, 7) is 6.07. The van der Waals surface area contributed by atoms with Crippen molar-refractivity contribution in [2.75, 3.05) is 37.8 Å². The first kappa shape index (κ1) is 16.2. The first-order chi connectivity index (χ1) is 10.6. The van der Waals surface area contributed by atoms with Crippen molar-refractivity contribution in [1.82, 2.24) is 20.1 Å². The fraction of sp³-hybridized carbons (Fsp3) is 0.438. The minimum absolute atomic E-state index is 0.506. The lowest BCUT2D eigenvalue weighted by atomic mass is 10.1. The third-order valence-electron chi connectivity index (χ3n) is 3.50. The van der Waals surface area contributed by atoms with Crippen molar-refractivity contribution in [1.29, 1.82) is 0 Å². The highest BCUT2D eigenvalue weighted by molar-refractivity contribution is 5.60. The molecule has 0 spiro atoms. The van der Waals surface area contributed by atoms with E-state index in [2.05, 4.69) is 64.7 Å². The number of hydrogen-bond donors (Lipinski definition) is 2. The molecule has 1 aromatic heterocycles. The summed E-state index contributed by atoms with van der Waals surface area (Å²) in [6.07, 6.45) is 2.70. The molecule has 2 rings (SSSR count). The maximum atomic E-state index is 4.45. The summed E-state index contributed by atoms with van der Waals surface area (Å²) in [6, 6.07) is 6.12. The summed E-state index contributed by atoms with van der Waals surface area (Å²) in [4.78, 5) is 6.61. The van der Waals surface area contributed by atoms with Gasteiger partial charge in [-0.3, -0.25) is 0 Å². The van der Waals surface area contributed by atoms with Crippen molar-refractivity contribution < 1.29 is 0 Å². The van der Waals surface area contributed by atoms with Crippen LogP contribution in [0.3, 0.4) is 0 Å². The maximum Gasteiger partial charge on any atom is 0.249 e. The van der Waals surface area contributed by atoms with Crippen LogP contribution >= 0.6 is 0 Å². The normalized spacial score (nSPS) is 10.8. The molecule has 2 N–H and O–H groups in total. The van der Waals surface area contributed by atoms with Gasteiger partial charge in [0.1, 0.15) is 0 Å². The van der Waals surface area contributed by atoms with Gasteiger partial charge in [0.2, 0.25) is 5.95 Å². The van der Waals surface area contributed by atoms with Gasteiger partial charge >= 0.3 is 0 Å². The molecule has 0 atom stereocenters. The van der Waals surface area contributed by atoms with Crippen LogP contribution < -0.4 is 10.6 Å². The minimum atomic E-state index is 0.506. The van der Waals surface area contributed by atoms with Crippen LogP contribution in [0.15, 0.2) is 24.4 Å². The van der Waals surface area contributed by atoms with Crippen LogP contribution in [-0.4, -0.2) is 47.3 Å². The van der Waals surface area contributed by atoms with Gasteiger partial charge in [-0.2, -0.15) is 10.1 Å². The Morgan fingerprint density at radius 2 is 2.00 bits per heavy atom. The Bertz CT molecular complexity index is 611. The second kappa shape index (κ2) is 7.70. The maximum absolute atomic E-state index is 4.45. The van der Waals surface area contributed by atoms with Crippen molar-refractivity contribution in [2.45, 2.75) is 20.3 Å². The molecule has 118 valence electrons. The van der Waals surface area contributed by atoms with E-state index in [-0.39, 0.29) is 0 Å². The topological polar surface area (TPSA) is 66.0 Å². The standard InChI is InChI=1S/C16H24N6/c1-12-7-5-8-14(13(12)2)19-16-20-15(11-18-21-16)17-9-6-10-22(3)4/h5,7-8,11H,6,9-10H2,1-4H3,(H2,17,19,20,21). The Morgan fingerprint density at radius 1 is 1.18 bits per heavy atom. The van der Waals surface area contributed by atoms with Crippen LogP contribution in [-0.2, 0) is 0 Å². The molecule has 0 aliphatic heterocycles. The third kappa shape index (κ3) is 4.66. The van der Waals surface area contributed by atoms with Gasteiger partial charge in [-0.25, -0.2) is 0 Å². The van der Waals surface area contributed by atoms with Crippen LogP contribution in [0.25, 0.3) is 0 Å². The Morgan fingerprint density at radius 3 is 2.77 bits per heavy atom. The molecular formula is C16H24N6. The summed E-state index contributed by atoms with van der Waals surface area (Å²) in [5.74, 6) is 1.24. The van der Waals surface area contributed by atoms with Crippen LogP contribution in [0, 0.1) is 13.8 Å². The van der Waals surface area contributed by atoms with Crippen LogP contribution in [0.5, 0.6) is 0 Å². The van der Waals surface area contributed by atoms with Gasteiger partial charge in [-0.1, -0.05) is 12.1 Å². The lowest BCUT2D eigenvalue weighted by molar-refractivity contribution is 0.405. The molecule has 0 saturated heterocycles. The largest absolute Gasteiger partial charge is 0.369 e. The molecule has 0 saturated carbocycles. The van der Waals surface area contributed by atoms with E-state index < -0.39 is 0 Å². The average Bonchev–Trinajstić information content (AvgIpc) is 2.49. The quantitative estimate of drug-likeness (QED) is 0.766. The monoisotopic (exact) mass is 300 g/mol. The summed E-state index contributed by atoms with van der Waals surface area (Å²) in [5, 5.41) is 14.5.